The number of nitrogens with zero attached hydrogens (tertiary/aromatic N) is 2. The Hall–Kier alpha value is -2.46. The van der Waals surface area contributed by atoms with Gasteiger partial charge in [0, 0.05) is 26.7 Å². The SMILES string of the molecule is C[Si](C)(C)CCOCn1nc(Cc2cccc(C(N)=O)c2)cc(C(F)(F)F)c1=O. The first-order valence-corrected chi connectivity index (χ1v) is 12.7. The van der Waals surface area contributed by atoms with Crippen molar-refractivity contribution in [2.75, 3.05) is 6.61 Å². The number of hydrogen-bond donors (Lipinski definition) is 1. The molecule has 29 heavy (non-hydrogen) atoms. The number of alkyl halides is 3. The Kier molecular flexibility index (Phi) is 7.01. The van der Waals surface area contributed by atoms with E-state index in [9.17, 15) is 22.8 Å². The molecule has 0 bridgehead atoms. The standard InChI is InChI=1S/C19H24F3N3O3Si/c1-29(2,3)8-7-28-12-25-18(27)16(19(20,21)22)11-15(24-25)10-13-5-4-6-14(9-13)17(23)26/h4-6,9,11H,7-8,10,12H2,1-3H3,(H2,23,26). The highest BCUT2D eigenvalue weighted by atomic mass is 28.3. The lowest BCUT2D eigenvalue weighted by Gasteiger charge is -2.16. The van der Waals surface area contributed by atoms with Crippen LogP contribution in [-0.2, 0) is 24.1 Å². The maximum atomic E-state index is 13.3. The van der Waals surface area contributed by atoms with Crippen LogP contribution < -0.4 is 11.3 Å². The fourth-order valence-electron chi connectivity index (χ4n) is 2.55. The summed E-state index contributed by atoms with van der Waals surface area (Å²) in [7, 11) is -1.38. The molecule has 158 valence electrons. The van der Waals surface area contributed by atoms with Gasteiger partial charge in [0.1, 0.15) is 12.3 Å². The molecule has 0 atom stereocenters. The highest BCUT2D eigenvalue weighted by Gasteiger charge is 2.35. The highest BCUT2D eigenvalue weighted by Crippen LogP contribution is 2.27. The number of primary amides is 1. The number of rotatable bonds is 8. The molecule has 0 aliphatic rings. The Morgan fingerprint density at radius 1 is 1.24 bits per heavy atom. The second kappa shape index (κ2) is 8.91. The maximum absolute atomic E-state index is 13.3. The average molecular weight is 427 g/mol. The number of benzene rings is 1. The summed E-state index contributed by atoms with van der Waals surface area (Å²) >= 11 is 0. The Bertz CT molecular complexity index is 937. The third-order valence-corrected chi connectivity index (χ3v) is 5.84. The van der Waals surface area contributed by atoms with Crippen molar-refractivity contribution >= 4 is 14.0 Å². The number of aromatic nitrogens is 2. The van der Waals surface area contributed by atoms with E-state index in [1.165, 1.54) is 12.1 Å². The summed E-state index contributed by atoms with van der Waals surface area (Å²) in [5.41, 5.74) is 3.50. The number of carbonyl (C=O) groups excluding carboxylic acids is 1. The second-order valence-electron chi connectivity index (χ2n) is 7.94. The van der Waals surface area contributed by atoms with Gasteiger partial charge in [0.25, 0.3) is 5.56 Å². The number of nitrogens with two attached hydrogens (primary N) is 1. The lowest BCUT2D eigenvalue weighted by Crippen LogP contribution is -2.32. The van der Waals surface area contributed by atoms with Crippen LogP contribution in [0.2, 0.25) is 25.7 Å². The van der Waals surface area contributed by atoms with Crippen LogP contribution in [0, 0.1) is 0 Å². The summed E-state index contributed by atoms with van der Waals surface area (Å²) in [6.07, 6.45) is -4.82. The van der Waals surface area contributed by atoms with Crippen LogP contribution in [-0.4, -0.2) is 30.4 Å². The molecule has 2 rings (SSSR count). The van der Waals surface area contributed by atoms with Crippen LogP contribution in [0.15, 0.2) is 35.1 Å². The fraction of sp³-hybridized carbons (Fsp3) is 0.421. The molecule has 0 saturated carbocycles. The predicted octanol–water partition coefficient (Wildman–Crippen LogP) is 3.26. The van der Waals surface area contributed by atoms with Crippen LogP contribution >= 0.6 is 0 Å². The minimum Gasteiger partial charge on any atom is -0.366 e. The van der Waals surface area contributed by atoms with Crippen molar-refractivity contribution in [2.24, 2.45) is 5.73 Å². The molecule has 0 fully saturated rings. The van der Waals surface area contributed by atoms with Crippen molar-refractivity contribution in [3.8, 4) is 0 Å². The lowest BCUT2D eigenvalue weighted by molar-refractivity contribution is -0.139. The molecule has 0 aliphatic carbocycles. The van der Waals surface area contributed by atoms with E-state index >= 15 is 0 Å². The average Bonchev–Trinajstić information content (AvgIpc) is 2.59. The topological polar surface area (TPSA) is 87.2 Å². The van der Waals surface area contributed by atoms with Gasteiger partial charge in [-0.05, 0) is 29.8 Å². The van der Waals surface area contributed by atoms with Crippen LogP contribution in [0.3, 0.4) is 0 Å². The van der Waals surface area contributed by atoms with E-state index in [-0.39, 0.29) is 24.4 Å². The van der Waals surface area contributed by atoms with Gasteiger partial charge < -0.3 is 10.5 Å². The Balaban J connectivity index is 2.31. The van der Waals surface area contributed by atoms with Crippen molar-refractivity contribution < 1.29 is 22.7 Å². The van der Waals surface area contributed by atoms with Crippen LogP contribution in [0.5, 0.6) is 0 Å². The smallest absolute Gasteiger partial charge is 0.366 e. The van der Waals surface area contributed by atoms with Crippen molar-refractivity contribution in [1.82, 2.24) is 9.78 Å². The molecule has 1 aromatic carbocycles. The third-order valence-electron chi connectivity index (χ3n) is 4.14. The summed E-state index contributed by atoms with van der Waals surface area (Å²) in [6, 6.07) is 7.76. The summed E-state index contributed by atoms with van der Waals surface area (Å²) in [6.45, 7) is 6.41. The van der Waals surface area contributed by atoms with Crippen molar-refractivity contribution in [3.05, 3.63) is 63.1 Å². The minimum absolute atomic E-state index is 0.000610. The first-order chi connectivity index (χ1) is 13.4. The molecule has 1 heterocycles. The van der Waals surface area contributed by atoms with Crippen molar-refractivity contribution in [1.29, 1.82) is 0 Å². The predicted molar refractivity (Wildman–Crippen MR) is 105 cm³/mol. The van der Waals surface area contributed by atoms with Crippen LogP contribution in [0.1, 0.15) is 27.2 Å². The van der Waals surface area contributed by atoms with Gasteiger partial charge >= 0.3 is 6.18 Å². The largest absolute Gasteiger partial charge is 0.421 e. The number of amides is 1. The van der Waals surface area contributed by atoms with Gasteiger partial charge in [0.15, 0.2) is 0 Å². The Morgan fingerprint density at radius 3 is 2.52 bits per heavy atom. The lowest BCUT2D eigenvalue weighted by atomic mass is 10.1. The molecule has 0 spiro atoms. The number of ether oxygens (including phenoxy) is 1. The van der Waals surface area contributed by atoms with E-state index in [0.29, 0.717) is 16.9 Å². The summed E-state index contributed by atoms with van der Waals surface area (Å²) in [5, 5.41) is 4.02. The zero-order chi connectivity index (χ0) is 21.8. The first-order valence-electron chi connectivity index (χ1n) is 9.01. The molecule has 0 aliphatic heterocycles. The monoisotopic (exact) mass is 427 g/mol. The molecule has 1 amide bonds. The molecular weight excluding hydrogens is 403 g/mol. The number of hydrogen-bond acceptors (Lipinski definition) is 4. The van der Waals surface area contributed by atoms with Crippen LogP contribution in [0.4, 0.5) is 13.2 Å². The van der Waals surface area contributed by atoms with Gasteiger partial charge in [-0.15, -0.1) is 0 Å². The molecule has 6 nitrogen and oxygen atoms in total. The number of halogens is 3. The molecular formula is C19H24F3N3O3Si. The number of carbonyl (C=O) groups is 1. The molecule has 0 radical (unpaired) electrons. The van der Waals surface area contributed by atoms with E-state index in [0.717, 1.165) is 12.1 Å². The summed E-state index contributed by atoms with van der Waals surface area (Å²) < 4.78 is 46.1. The van der Waals surface area contributed by atoms with Gasteiger partial charge in [-0.2, -0.15) is 18.3 Å². The van der Waals surface area contributed by atoms with Crippen LogP contribution in [0.25, 0.3) is 0 Å². The van der Waals surface area contributed by atoms with Gasteiger partial charge in [-0.25, -0.2) is 4.68 Å². The Morgan fingerprint density at radius 2 is 1.93 bits per heavy atom. The quantitative estimate of drug-likeness (QED) is 0.517. The molecule has 1 aromatic heterocycles. The Labute approximate surface area is 167 Å². The molecule has 0 unspecified atom stereocenters. The molecule has 2 N–H and O–H groups in total. The maximum Gasteiger partial charge on any atom is 0.421 e. The molecule has 10 heteroatoms. The fourth-order valence-corrected chi connectivity index (χ4v) is 3.30. The van der Waals surface area contributed by atoms with E-state index in [1.807, 2.05) is 0 Å². The third kappa shape index (κ3) is 6.82. The summed E-state index contributed by atoms with van der Waals surface area (Å²) in [4.78, 5) is 23.5. The second-order valence-corrected chi connectivity index (χ2v) is 13.6. The van der Waals surface area contributed by atoms with E-state index in [2.05, 4.69) is 24.7 Å². The molecule has 2 aromatic rings. The van der Waals surface area contributed by atoms with Crippen molar-refractivity contribution in [2.45, 2.75) is 45.0 Å². The zero-order valence-electron chi connectivity index (χ0n) is 16.5. The molecule has 0 saturated heterocycles. The van der Waals surface area contributed by atoms with Gasteiger partial charge in [-0.1, -0.05) is 31.8 Å². The van der Waals surface area contributed by atoms with Gasteiger partial charge in [0.2, 0.25) is 5.91 Å². The van der Waals surface area contributed by atoms with E-state index < -0.39 is 31.3 Å². The minimum atomic E-state index is -4.82. The van der Waals surface area contributed by atoms with Gasteiger partial charge in [0.05, 0.1) is 5.69 Å². The van der Waals surface area contributed by atoms with E-state index in [1.54, 1.807) is 12.1 Å². The normalized spacial score (nSPS) is 12.2. The van der Waals surface area contributed by atoms with Gasteiger partial charge in [-0.3, -0.25) is 9.59 Å². The zero-order valence-corrected chi connectivity index (χ0v) is 17.5. The van der Waals surface area contributed by atoms with E-state index in [4.69, 9.17) is 10.5 Å². The van der Waals surface area contributed by atoms with Crippen molar-refractivity contribution in [3.63, 3.8) is 0 Å². The summed E-state index contributed by atoms with van der Waals surface area (Å²) in [5.74, 6) is -0.642. The first kappa shape index (κ1) is 22.8. The highest BCUT2D eigenvalue weighted by molar-refractivity contribution is 6.76.